The van der Waals surface area contributed by atoms with E-state index in [1.807, 2.05) is 30.5 Å². The van der Waals surface area contributed by atoms with Gasteiger partial charge in [0.2, 0.25) is 0 Å². The van der Waals surface area contributed by atoms with Crippen LogP contribution >= 0.6 is 21.6 Å². The zero-order chi connectivity index (χ0) is 9.68. The first-order valence-electron chi connectivity index (χ1n) is 3.60. The summed E-state index contributed by atoms with van der Waals surface area (Å²) >= 11 is 0. The molecule has 0 saturated carbocycles. The molecule has 1 rings (SSSR count). The minimum atomic E-state index is -0.533. The van der Waals surface area contributed by atoms with E-state index in [4.69, 9.17) is 5.73 Å². The monoisotopic (exact) mass is 214 g/mol. The van der Waals surface area contributed by atoms with E-state index in [-0.39, 0.29) is 0 Å². The Labute approximate surface area is 84.9 Å². The van der Waals surface area contributed by atoms with Crippen LogP contribution in [0.15, 0.2) is 29.2 Å². The number of hydrogen-bond acceptors (Lipinski definition) is 3. The fourth-order valence-electron chi connectivity index (χ4n) is 0.865. The van der Waals surface area contributed by atoms with E-state index in [1.165, 1.54) is 0 Å². The standard InChI is InChI=1S/C8H10N2OS2/c1-12-13-7-5-3-2-4-6(7)10-8(9)11/h2-5H,1H3,(H3,9,10,11). The van der Waals surface area contributed by atoms with Crippen molar-refractivity contribution in [1.29, 1.82) is 0 Å². The molecule has 0 aromatic heterocycles. The summed E-state index contributed by atoms with van der Waals surface area (Å²) in [6.07, 6.45) is 1.98. The zero-order valence-corrected chi connectivity index (χ0v) is 8.74. The van der Waals surface area contributed by atoms with Crippen LogP contribution in [0.25, 0.3) is 0 Å². The van der Waals surface area contributed by atoms with E-state index in [2.05, 4.69) is 5.32 Å². The van der Waals surface area contributed by atoms with Crippen molar-refractivity contribution >= 4 is 33.3 Å². The number of benzene rings is 1. The first-order chi connectivity index (χ1) is 6.24. The molecule has 13 heavy (non-hydrogen) atoms. The molecule has 1 aromatic carbocycles. The summed E-state index contributed by atoms with van der Waals surface area (Å²) in [5.74, 6) is 0. The first-order valence-corrected chi connectivity index (χ1v) is 6.16. The van der Waals surface area contributed by atoms with Crippen molar-refractivity contribution in [1.82, 2.24) is 0 Å². The molecule has 0 heterocycles. The highest BCUT2D eigenvalue weighted by Gasteiger charge is 2.02. The van der Waals surface area contributed by atoms with Gasteiger partial charge >= 0.3 is 6.03 Å². The van der Waals surface area contributed by atoms with Crippen LogP contribution in [-0.2, 0) is 0 Å². The van der Waals surface area contributed by atoms with E-state index >= 15 is 0 Å². The average molecular weight is 214 g/mol. The molecular formula is C8H10N2OS2. The Morgan fingerprint density at radius 2 is 2.15 bits per heavy atom. The second-order valence-corrected chi connectivity index (χ2v) is 4.68. The van der Waals surface area contributed by atoms with Crippen molar-refractivity contribution in [2.24, 2.45) is 5.73 Å². The van der Waals surface area contributed by atoms with Crippen molar-refractivity contribution in [2.75, 3.05) is 11.6 Å². The number of para-hydroxylation sites is 1. The maximum absolute atomic E-state index is 10.6. The molecule has 0 unspecified atom stereocenters. The molecule has 3 nitrogen and oxygen atoms in total. The summed E-state index contributed by atoms with van der Waals surface area (Å²) in [4.78, 5) is 11.6. The summed E-state index contributed by atoms with van der Waals surface area (Å²) in [5, 5.41) is 2.56. The van der Waals surface area contributed by atoms with Gasteiger partial charge in [-0.15, -0.1) is 0 Å². The lowest BCUT2D eigenvalue weighted by Crippen LogP contribution is -2.19. The van der Waals surface area contributed by atoms with Gasteiger partial charge in [-0.3, -0.25) is 0 Å². The number of anilines is 1. The van der Waals surface area contributed by atoms with Gasteiger partial charge in [-0.25, -0.2) is 4.79 Å². The molecule has 0 radical (unpaired) electrons. The fraction of sp³-hybridized carbons (Fsp3) is 0.125. The number of nitrogens with one attached hydrogen (secondary N) is 1. The maximum Gasteiger partial charge on any atom is 0.316 e. The Morgan fingerprint density at radius 3 is 2.77 bits per heavy atom. The maximum atomic E-state index is 10.6. The third-order valence-corrected chi connectivity index (χ3v) is 3.06. The lowest BCUT2D eigenvalue weighted by molar-refractivity contribution is 0.259. The number of primary amides is 1. The molecule has 0 bridgehead atoms. The highest BCUT2D eigenvalue weighted by atomic mass is 33.1. The molecule has 70 valence electrons. The molecule has 0 spiro atoms. The Balaban J connectivity index is 2.84. The summed E-state index contributed by atoms with van der Waals surface area (Å²) in [7, 11) is 3.21. The van der Waals surface area contributed by atoms with Crippen LogP contribution in [0.2, 0.25) is 0 Å². The Morgan fingerprint density at radius 1 is 1.46 bits per heavy atom. The lowest BCUT2D eigenvalue weighted by Gasteiger charge is -2.06. The molecule has 0 aliphatic rings. The van der Waals surface area contributed by atoms with Crippen LogP contribution in [0, 0.1) is 0 Å². The fourth-order valence-corrected chi connectivity index (χ4v) is 2.36. The summed E-state index contributed by atoms with van der Waals surface area (Å²) in [6.45, 7) is 0. The van der Waals surface area contributed by atoms with Crippen molar-refractivity contribution in [3.05, 3.63) is 24.3 Å². The van der Waals surface area contributed by atoms with E-state index in [0.29, 0.717) is 0 Å². The highest BCUT2D eigenvalue weighted by molar-refractivity contribution is 8.76. The summed E-state index contributed by atoms with van der Waals surface area (Å²) < 4.78 is 0. The van der Waals surface area contributed by atoms with Gasteiger partial charge in [0.1, 0.15) is 0 Å². The minimum Gasteiger partial charge on any atom is -0.351 e. The molecule has 0 atom stereocenters. The van der Waals surface area contributed by atoms with Gasteiger partial charge in [-0.05, 0) is 18.4 Å². The minimum absolute atomic E-state index is 0.533. The molecule has 3 N–H and O–H groups in total. The summed E-state index contributed by atoms with van der Waals surface area (Å²) in [5.41, 5.74) is 5.78. The molecule has 0 aliphatic heterocycles. The van der Waals surface area contributed by atoms with Gasteiger partial charge in [0.15, 0.2) is 0 Å². The van der Waals surface area contributed by atoms with Crippen molar-refractivity contribution in [3.63, 3.8) is 0 Å². The van der Waals surface area contributed by atoms with E-state index < -0.39 is 6.03 Å². The number of hydrogen-bond donors (Lipinski definition) is 2. The van der Waals surface area contributed by atoms with Crippen LogP contribution in [0.1, 0.15) is 0 Å². The number of rotatable bonds is 3. The number of urea groups is 1. The van der Waals surface area contributed by atoms with Gasteiger partial charge < -0.3 is 11.1 Å². The molecule has 0 saturated heterocycles. The van der Waals surface area contributed by atoms with E-state index in [9.17, 15) is 4.79 Å². The number of nitrogens with two attached hydrogens (primary N) is 1. The van der Waals surface area contributed by atoms with Gasteiger partial charge in [0.05, 0.1) is 5.69 Å². The molecule has 0 aliphatic carbocycles. The largest absolute Gasteiger partial charge is 0.351 e. The number of amides is 2. The van der Waals surface area contributed by atoms with Gasteiger partial charge in [-0.2, -0.15) is 0 Å². The normalized spacial score (nSPS) is 9.62. The first kappa shape index (κ1) is 10.3. The third kappa shape index (κ3) is 3.20. The van der Waals surface area contributed by atoms with E-state index in [1.54, 1.807) is 21.6 Å². The topological polar surface area (TPSA) is 55.1 Å². The van der Waals surface area contributed by atoms with E-state index in [0.717, 1.165) is 10.6 Å². The van der Waals surface area contributed by atoms with Crippen molar-refractivity contribution in [3.8, 4) is 0 Å². The molecule has 2 amide bonds. The second kappa shape index (κ2) is 5.04. The van der Waals surface area contributed by atoms with Crippen LogP contribution in [0.5, 0.6) is 0 Å². The number of carbonyl (C=O) groups excluding carboxylic acids is 1. The van der Waals surface area contributed by atoms with Crippen LogP contribution in [0.3, 0.4) is 0 Å². The van der Waals surface area contributed by atoms with Gasteiger partial charge in [0.25, 0.3) is 0 Å². The second-order valence-electron chi connectivity index (χ2n) is 2.24. The zero-order valence-electron chi connectivity index (χ0n) is 7.11. The van der Waals surface area contributed by atoms with Crippen molar-refractivity contribution in [2.45, 2.75) is 4.90 Å². The lowest BCUT2D eigenvalue weighted by atomic mass is 10.3. The molecule has 1 aromatic rings. The smallest absolute Gasteiger partial charge is 0.316 e. The van der Waals surface area contributed by atoms with Crippen LogP contribution < -0.4 is 11.1 Å². The van der Waals surface area contributed by atoms with Gasteiger partial charge in [-0.1, -0.05) is 33.7 Å². The summed E-state index contributed by atoms with van der Waals surface area (Å²) in [6, 6.07) is 7.00. The Hall–Kier alpha value is -0.810. The predicted octanol–water partition coefficient (Wildman–Crippen LogP) is 2.55. The average Bonchev–Trinajstić information content (AvgIpc) is 2.08. The molecule has 0 fully saturated rings. The van der Waals surface area contributed by atoms with Crippen LogP contribution in [-0.4, -0.2) is 12.3 Å². The van der Waals surface area contributed by atoms with Crippen LogP contribution in [0.4, 0.5) is 10.5 Å². The SMILES string of the molecule is CSSc1ccccc1NC(N)=O. The quantitative estimate of drug-likeness (QED) is 0.760. The highest BCUT2D eigenvalue weighted by Crippen LogP contribution is 2.33. The Bertz CT molecular complexity index is 304. The number of carbonyl (C=O) groups is 1. The Kier molecular flexibility index (Phi) is 3.98. The molecular weight excluding hydrogens is 204 g/mol. The van der Waals surface area contributed by atoms with Gasteiger partial charge in [0, 0.05) is 4.90 Å². The predicted molar refractivity (Wildman–Crippen MR) is 59.0 cm³/mol. The van der Waals surface area contributed by atoms with Crippen molar-refractivity contribution < 1.29 is 4.79 Å². The molecule has 5 heteroatoms. The third-order valence-electron chi connectivity index (χ3n) is 1.32.